The molecule has 0 atom stereocenters. The number of methoxy groups -OCH3 is 1. The summed E-state index contributed by atoms with van der Waals surface area (Å²) in [7, 11) is 1.68. The molecule has 3 heteroatoms. The third-order valence-electron chi connectivity index (χ3n) is 3.31. The van der Waals surface area contributed by atoms with Crippen molar-refractivity contribution in [1.82, 2.24) is 0 Å². The Morgan fingerprint density at radius 2 is 1.71 bits per heavy atom. The van der Waals surface area contributed by atoms with E-state index >= 15 is 0 Å². The molecule has 0 aromatic heterocycles. The third kappa shape index (κ3) is 3.24. The average molecular weight is 298 g/mol. The molecular weight excluding hydrogens is 280 g/mol. The number of rotatable bonds is 3. The zero-order valence-electron chi connectivity index (χ0n) is 12.4. The lowest BCUT2D eigenvalue weighted by molar-refractivity contribution is 0.159. The minimum absolute atomic E-state index is 0.225. The van der Waals surface area contributed by atoms with Gasteiger partial charge in [-0.05, 0) is 62.4 Å². The largest absolute Gasteiger partial charge is 0.497 e. The van der Waals surface area contributed by atoms with E-state index in [-0.39, 0.29) is 5.60 Å². The van der Waals surface area contributed by atoms with Gasteiger partial charge in [-0.25, -0.2) is 0 Å². The fourth-order valence-electron chi connectivity index (χ4n) is 2.20. The van der Waals surface area contributed by atoms with Crippen molar-refractivity contribution in [3.05, 3.63) is 54.1 Å². The second-order valence-electron chi connectivity index (χ2n) is 5.52. The molecule has 2 aromatic rings. The van der Waals surface area contributed by atoms with Gasteiger partial charge < -0.3 is 9.47 Å². The molecule has 21 heavy (non-hydrogen) atoms. The van der Waals surface area contributed by atoms with Crippen molar-refractivity contribution in [2.75, 3.05) is 7.11 Å². The maximum Gasteiger partial charge on any atom is 0.127 e. The summed E-state index contributed by atoms with van der Waals surface area (Å²) in [4.78, 5) is 2.39. The smallest absolute Gasteiger partial charge is 0.127 e. The van der Waals surface area contributed by atoms with Gasteiger partial charge in [0.1, 0.15) is 17.1 Å². The Kier molecular flexibility index (Phi) is 3.68. The van der Waals surface area contributed by atoms with E-state index in [9.17, 15) is 0 Å². The maximum absolute atomic E-state index is 5.94. The first-order chi connectivity index (χ1) is 10.1. The van der Waals surface area contributed by atoms with Crippen LogP contribution in [0.5, 0.6) is 11.5 Å². The first-order valence-corrected chi connectivity index (χ1v) is 7.72. The number of hydrogen-bond acceptors (Lipinski definition) is 3. The minimum Gasteiger partial charge on any atom is -0.497 e. The lowest BCUT2D eigenvalue weighted by atomic mass is 10.0. The lowest BCUT2D eigenvalue weighted by Gasteiger charge is -2.28. The molecule has 0 bridgehead atoms. The lowest BCUT2D eigenvalue weighted by Crippen LogP contribution is -2.27. The molecule has 0 unspecified atom stereocenters. The van der Waals surface area contributed by atoms with Crippen LogP contribution in [0.1, 0.15) is 19.4 Å². The quantitative estimate of drug-likeness (QED) is 0.791. The summed E-state index contributed by atoms with van der Waals surface area (Å²) in [5.41, 5.74) is 0.908. The number of ether oxygens (including phenoxy) is 2. The van der Waals surface area contributed by atoms with E-state index in [1.807, 2.05) is 18.2 Å². The Balaban J connectivity index is 1.81. The third-order valence-corrected chi connectivity index (χ3v) is 4.31. The molecule has 2 nitrogen and oxygen atoms in total. The average Bonchev–Trinajstić information content (AvgIpc) is 2.48. The molecule has 2 aromatic carbocycles. The van der Waals surface area contributed by atoms with Crippen LogP contribution < -0.4 is 9.47 Å². The summed E-state index contributed by atoms with van der Waals surface area (Å²) in [6.45, 7) is 4.12. The highest BCUT2D eigenvalue weighted by molar-refractivity contribution is 7.99. The number of hydrogen-bond donors (Lipinski definition) is 0. The molecule has 0 saturated heterocycles. The normalized spacial score (nSPS) is 15.2. The van der Waals surface area contributed by atoms with Gasteiger partial charge in [0.05, 0.1) is 7.11 Å². The zero-order valence-corrected chi connectivity index (χ0v) is 13.2. The molecule has 1 aliphatic heterocycles. The van der Waals surface area contributed by atoms with Gasteiger partial charge in [0, 0.05) is 15.4 Å². The van der Waals surface area contributed by atoms with E-state index in [0.29, 0.717) is 0 Å². The predicted octanol–water partition coefficient (Wildman–Crippen LogP) is 5.03. The molecule has 3 rings (SSSR count). The molecule has 1 heterocycles. The Morgan fingerprint density at radius 3 is 2.43 bits per heavy atom. The van der Waals surface area contributed by atoms with Crippen molar-refractivity contribution in [1.29, 1.82) is 0 Å². The second-order valence-corrected chi connectivity index (χ2v) is 6.66. The summed E-state index contributed by atoms with van der Waals surface area (Å²) >= 11 is 1.73. The van der Waals surface area contributed by atoms with Crippen molar-refractivity contribution in [2.24, 2.45) is 0 Å². The fourth-order valence-corrected chi connectivity index (χ4v) is 3.07. The van der Waals surface area contributed by atoms with E-state index in [1.54, 1.807) is 18.9 Å². The number of benzene rings is 2. The van der Waals surface area contributed by atoms with Crippen LogP contribution in [0.25, 0.3) is 6.08 Å². The Hall–Kier alpha value is -1.87. The Bertz CT molecular complexity index is 672. The molecule has 1 aliphatic rings. The van der Waals surface area contributed by atoms with Crippen molar-refractivity contribution in [2.45, 2.75) is 29.2 Å². The maximum atomic E-state index is 5.94. The Labute approximate surface area is 129 Å². The van der Waals surface area contributed by atoms with Gasteiger partial charge in [0.25, 0.3) is 0 Å². The first-order valence-electron chi connectivity index (χ1n) is 6.90. The van der Waals surface area contributed by atoms with Crippen molar-refractivity contribution >= 4 is 17.8 Å². The second kappa shape index (κ2) is 5.49. The highest BCUT2D eigenvalue weighted by atomic mass is 32.2. The van der Waals surface area contributed by atoms with Gasteiger partial charge in [0.2, 0.25) is 0 Å². The number of fused-ring (bicyclic) bond motifs is 1. The summed E-state index contributed by atoms with van der Waals surface area (Å²) < 4.78 is 11.1. The highest BCUT2D eigenvalue weighted by Crippen LogP contribution is 2.36. The van der Waals surface area contributed by atoms with Gasteiger partial charge in [-0.1, -0.05) is 17.8 Å². The Morgan fingerprint density at radius 1 is 1.00 bits per heavy atom. The molecule has 0 saturated carbocycles. The van der Waals surface area contributed by atoms with Crippen LogP contribution in [0.4, 0.5) is 0 Å². The van der Waals surface area contributed by atoms with Crippen molar-refractivity contribution < 1.29 is 9.47 Å². The van der Waals surface area contributed by atoms with E-state index in [1.165, 1.54) is 9.79 Å². The van der Waals surface area contributed by atoms with Crippen LogP contribution in [0.15, 0.2) is 58.3 Å². The van der Waals surface area contributed by atoms with E-state index < -0.39 is 0 Å². The van der Waals surface area contributed by atoms with Crippen LogP contribution in [0, 0.1) is 0 Å². The first kappa shape index (κ1) is 14.1. The van der Waals surface area contributed by atoms with Crippen LogP contribution >= 0.6 is 11.8 Å². The predicted molar refractivity (Wildman–Crippen MR) is 87.3 cm³/mol. The molecule has 0 radical (unpaired) electrons. The zero-order chi connectivity index (χ0) is 14.9. The summed E-state index contributed by atoms with van der Waals surface area (Å²) in [5.74, 6) is 1.82. The molecule has 0 spiro atoms. The summed E-state index contributed by atoms with van der Waals surface area (Å²) in [6, 6.07) is 14.4. The van der Waals surface area contributed by atoms with Crippen LogP contribution in [-0.4, -0.2) is 12.7 Å². The van der Waals surface area contributed by atoms with Crippen LogP contribution in [-0.2, 0) is 0 Å². The van der Waals surface area contributed by atoms with E-state index in [2.05, 4.69) is 50.3 Å². The van der Waals surface area contributed by atoms with Gasteiger partial charge in [0.15, 0.2) is 0 Å². The van der Waals surface area contributed by atoms with Crippen molar-refractivity contribution in [3.63, 3.8) is 0 Å². The standard InChI is InChI=1S/C18H18O2S/c1-18(2)11-10-13-12-16(8-9-17(13)20-18)21-15-6-4-14(19-3)5-7-15/h4-12H,1-3H3. The SMILES string of the molecule is COc1ccc(Sc2ccc3c(c2)C=CC(C)(C)O3)cc1. The van der Waals surface area contributed by atoms with Gasteiger partial charge in [-0.15, -0.1) is 0 Å². The van der Waals surface area contributed by atoms with Crippen LogP contribution in [0.2, 0.25) is 0 Å². The molecule has 0 N–H and O–H groups in total. The van der Waals surface area contributed by atoms with Gasteiger partial charge in [-0.3, -0.25) is 0 Å². The van der Waals surface area contributed by atoms with Crippen molar-refractivity contribution in [3.8, 4) is 11.5 Å². The highest BCUT2D eigenvalue weighted by Gasteiger charge is 2.21. The molecular formula is C18H18O2S. The molecule has 0 fully saturated rings. The van der Waals surface area contributed by atoms with Crippen LogP contribution in [0.3, 0.4) is 0 Å². The molecule has 0 amide bonds. The summed E-state index contributed by atoms with van der Waals surface area (Å²) in [6.07, 6.45) is 4.23. The fraction of sp³-hybridized carbons (Fsp3) is 0.222. The minimum atomic E-state index is -0.225. The topological polar surface area (TPSA) is 18.5 Å². The summed E-state index contributed by atoms with van der Waals surface area (Å²) in [5, 5.41) is 0. The van der Waals surface area contributed by atoms with E-state index in [4.69, 9.17) is 9.47 Å². The molecule has 108 valence electrons. The van der Waals surface area contributed by atoms with E-state index in [0.717, 1.165) is 17.1 Å². The van der Waals surface area contributed by atoms with Gasteiger partial charge in [-0.2, -0.15) is 0 Å². The van der Waals surface area contributed by atoms with Gasteiger partial charge >= 0.3 is 0 Å². The monoisotopic (exact) mass is 298 g/mol. The molecule has 0 aliphatic carbocycles.